The van der Waals surface area contributed by atoms with Crippen molar-refractivity contribution in [3.05, 3.63) is 193 Å². The summed E-state index contributed by atoms with van der Waals surface area (Å²) >= 11 is 0. The summed E-state index contributed by atoms with van der Waals surface area (Å²) in [5.41, 5.74) is 14.0. The molecule has 250 valence electrons. The Morgan fingerprint density at radius 3 is 1.07 bits per heavy atom. The van der Waals surface area contributed by atoms with Crippen molar-refractivity contribution in [2.75, 3.05) is 0 Å². The quantitative estimate of drug-likeness (QED) is 0.181. The lowest BCUT2D eigenvalue weighted by atomic mass is 9.98. The van der Waals surface area contributed by atoms with Crippen LogP contribution >= 0.6 is 0 Å². The molecule has 0 aliphatic carbocycles. The van der Waals surface area contributed by atoms with Crippen molar-refractivity contribution in [1.82, 2.24) is 9.13 Å². The van der Waals surface area contributed by atoms with Crippen LogP contribution in [0.25, 0.3) is 88.4 Å². The van der Waals surface area contributed by atoms with E-state index in [1.54, 1.807) is 6.07 Å². The summed E-state index contributed by atoms with van der Waals surface area (Å²) in [7, 11) is 0. The predicted molar refractivity (Wildman–Crippen MR) is 221 cm³/mol. The molecule has 0 N–H and O–H groups in total. The fourth-order valence-corrected chi connectivity index (χ4v) is 8.02. The summed E-state index contributed by atoms with van der Waals surface area (Å²) in [5.74, 6) is 0. The summed E-state index contributed by atoms with van der Waals surface area (Å²) in [5, 5.41) is 24.2. The topological polar surface area (TPSA) is 57.4 Å². The Hall–Kier alpha value is -7.66. The third kappa shape index (κ3) is 4.98. The largest absolute Gasteiger partial charge is 0.309 e. The Bertz CT molecular complexity index is 3160. The van der Waals surface area contributed by atoms with Crippen molar-refractivity contribution in [2.45, 2.75) is 0 Å². The van der Waals surface area contributed by atoms with Gasteiger partial charge in [-0.2, -0.15) is 10.5 Å². The third-order valence-electron chi connectivity index (χ3n) is 10.6. The van der Waals surface area contributed by atoms with Crippen LogP contribution in [0.4, 0.5) is 0 Å². The summed E-state index contributed by atoms with van der Waals surface area (Å²) < 4.78 is 4.56. The highest BCUT2D eigenvalue weighted by molar-refractivity contribution is 6.14. The molecule has 0 unspecified atom stereocenters. The molecule has 0 saturated carbocycles. The predicted octanol–water partition coefficient (Wildman–Crippen LogP) is 12.6. The van der Waals surface area contributed by atoms with Gasteiger partial charge in [0.05, 0.1) is 33.2 Å². The van der Waals surface area contributed by atoms with Gasteiger partial charge in [-0.1, -0.05) is 103 Å². The molecule has 0 radical (unpaired) electrons. The lowest BCUT2D eigenvalue weighted by Crippen LogP contribution is -1.96. The highest BCUT2D eigenvalue weighted by Gasteiger charge is 2.18. The number of nitriles is 2. The highest BCUT2D eigenvalue weighted by Crippen LogP contribution is 2.40. The number of nitrogens with zero attached hydrogens (tertiary/aromatic N) is 4. The summed E-state index contributed by atoms with van der Waals surface area (Å²) in [6.07, 6.45) is 0. The fourth-order valence-electron chi connectivity index (χ4n) is 8.02. The number of fused-ring (bicyclic) bond motifs is 6. The SMILES string of the molecule is N#Cc1ccc(-n2c3ccc(-c4ccccc4)cc3c3cc(-c4ccc5c(c4)c4cc(-c6ccccc6)ccc4n5-c4ccccc4)ccc32)cc1C#N. The minimum Gasteiger partial charge on any atom is -0.309 e. The number of hydrogen-bond donors (Lipinski definition) is 0. The lowest BCUT2D eigenvalue weighted by molar-refractivity contribution is 1.17. The van der Waals surface area contributed by atoms with Gasteiger partial charge >= 0.3 is 0 Å². The van der Waals surface area contributed by atoms with Crippen LogP contribution in [0.15, 0.2) is 182 Å². The summed E-state index contributed by atoms with van der Waals surface area (Å²) in [6.45, 7) is 0. The van der Waals surface area contributed by atoms with E-state index in [1.165, 1.54) is 27.4 Å². The van der Waals surface area contributed by atoms with Crippen LogP contribution in [0.5, 0.6) is 0 Å². The van der Waals surface area contributed by atoms with Crippen LogP contribution in [0.2, 0.25) is 0 Å². The minimum atomic E-state index is 0.362. The molecule has 0 spiro atoms. The summed E-state index contributed by atoms with van der Waals surface area (Å²) in [4.78, 5) is 0. The average Bonchev–Trinajstić information content (AvgIpc) is 3.75. The number of hydrogen-bond acceptors (Lipinski definition) is 2. The summed E-state index contributed by atoms with van der Waals surface area (Å²) in [6, 6.07) is 68.3. The van der Waals surface area contributed by atoms with Crippen molar-refractivity contribution in [3.63, 3.8) is 0 Å². The van der Waals surface area contributed by atoms with Gasteiger partial charge < -0.3 is 9.13 Å². The second kappa shape index (κ2) is 12.5. The van der Waals surface area contributed by atoms with Gasteiger partial charge in [0, 0.05) is 32.9 Å². The first-order chi connectivity index (χ1) is 26.7. The first-order valence-electron chi connectivity index (χ1n) is 18.0. The van der Waals surface area contributed by atoms with Crippen molar-refractivity contribution in [1.29, 1.82) is 10.5 Å². The van der Waals surface area contributed by atoms with Gasteiger partial charge in [0.15, 0.2) is 0 Å². The standard InChI is InChI=1S/C50H30N4/c51-31-39-16-21-42(26-40(39)32-52)54-49-23-18-36(34-12-6-2-7-13-34)28-44(49)46-30-38(20-25-50(46)54)37-19-24-48-45(29-37)43-27-35(33-10-4-1-5-11-33)17-22-47(43)53(48)41-14-8-3-9-15-41/h1-30H. The maximum atomic E-state index is 9.89. The van der Waals surface area contributed by atoms with Gasteiger partial charge in [-0.3, -0.25) is 0 Å². The van der Waals surface area contributed by atoms with Crippen LogP contribution in [0.3, 0.4) is 0 Å². The first kappa shape index (κ1) is 31.1. The van der Waals surface area contributed by atoms with E-state index in [9.17, 15) is 10.5 Å². The van der Waals surface area contributed by atoms with E-state index in [-0.39, 0.29) is 0 Å². The lowest BCUT2D eigenvalue weighted by Gasteiger charge is -2.10. The Morgan fingerprint density at radius 2 is 0.667 bits per heavy atom. The average molecular weight is 687 g/mol. The van der Waals surface area contributed by atoms with E-state index in [1.807, 2.05) is 18.2 Å². The van der Waals surface area contributed by atoms with Crippen LogP contribution in [0.1, 0.15) is 11.1 Å². The Morgan fingerprint density at radius 1 is 0.296 bits per heavy atom. The smallest absolute Gasteiger partial charge is 0.101 e. The van der Waals surface area contributed by atoms with Crippen molar-refractivity contribution >= 4 is 43.6 Å². The third-order valence-corrected chi connectivity index (χ3v) is 10.6. The Labute approximate surface area is 312 Å². The van der Waals surface area contributed by atoms with Gasteiger partial charge in [-0.05, 0) is 112 Å². The molecule has 4 nitrogen and oxygen atoms in total. The first-order valence-corrected chi connectivity index (χ1v) is 18.0. The Balaban J connectivity index is 1.21. The molecular formula is C50H30N4. The van der Waals surface area contributed by atoms with Crippen molar-refractivity contribution < 1.29 is 0 Å². The maximum Gasteiger partial charge on any atom is 0.101 e. The van der Waals surface area contributed by atoms with E-state index in [2.05, 4.69) is 179 Å². The molecule has 8 aromatic carbocycles. The molecule has 2 heterocycles. The fraction of sp³-hybridized carbons (Fsp3) is 0. The molecule has 4 heteroatoms. The van der Waals surface area contributed by atoms with Crippen LogP contribution in [-0.2, 0) is 0 Å². The zero-order valence-electron chi connectivity index (χ0n) is 29.1. The molecule has 0 saturated heterocycles. The molecule has 0 aliphatic heterocycles. The van der Waals surface area contributed by atoms with Gasteiger partial charge in [-0.15, -0.1) is 0 Å². The molecule has 0 bridgehead atoms. The second-order valence-electron chi connectivity index (χ2n) is 13.6. The van der Waals surface area contributed by atoms with Gasteiger partial charge in [0.2, 0.25) is 0 Å². The van der Waals surface area contributed by atoms with E-state index >= 15 is 0 Å². The van der Waals surface area contributed by atoms with Gasteiger partial charge in [-0.25, -0.2) is 0 Å². The molecule has 10 aromatic rings. The van der Waals surface area contributed by atoms with Crippen LogP contribution in [0, 0.1) is 22.7 Å². The van der Waals surface area contributed by atoms with Crippen LogP contribution in [-0.4, -0.2) is 9.13 Å². The second-order valence-corrected chi connectivity index (χ2v) is 13.6. The van der Waals surface area contributed by atoms with E-state index in [4.69, 9.17) is 0 Å². The van der Waals surface area contributed by atoms with E-state index in [0.717, 1.165) is 61.0 Å². The Kier molecular flexibility index (Phi) is 7.22. The molecule has 10 rings (SSSR count). The van der Waals surface area contributed by atoms with Gasteiger partial charge in [0.25, 0.3) is 0 Å². The normalized spacial score (nSPS) is 11.3. The molecule has 0 aliphatic rings. The molecule has 54 heavy (non-hydrogen) atoms. The molecule has 0 amide bonds. The zero-order valence-corrected chi connectivity index (χ0v) is 29.1. The van der Waals surface area contributed by atoms with E-state index < -0.39 is 0 Å². The minimum absolute atomic E-state index is 0.362. The maximum absolute atomic E-state index is 9.89. The number of aromatic nitrogens is 2. The van der Waals surface area contributed by atoms with E-state index in [0.29, 0.717) is 11.1 Å². The number of benzene rings is 8. The monoisotopic (exact) mass is 686 g/mol. The number of rotatable bonds is 5. The van der Waals surface area contributed by atoms with Crippen molar-refractivity contribution in [3.8, 4) is 56.9 Å². The molecular weight excluding hydrogens is 657 g/mol. The van der Waals surface area contributed by atoms with Crippen LogP contribution < -0.4 is 0 Å². The van der Waals surface area contributed by atoms with Crippen molar-refractivity contribution in [2.24, 2.45) is 0 Å². The highest BCUT2D eigenvalue weighted by atomic mass is 15.0. The number of para-hydroxylation sites is 1. The van der Waals surface area contributed by atoms with Gasteiger partial charge in [0.1, 0.15) is 12.1 Å². The molecule has 0 atom stereocenters. The molecule has 2 aromatic heterocycles. The zero-order chi connectivity index (χ0) is 36.2. The molecule has 0 fully saturated rings.